The molecule has 0 aliphatic rings. The van der Waals surface area contributed by atoms with E-state index in [1.54, 1.807) is 24.5 Å². The Morgan fingerprint density at radius 2 is 2.14 bits per heavy atom. The Bertz CT molecular complexity index is 787. The monoisotopic (exact) mass is 408 g/mol. The van der Waals surface area contributed by atoms with Gasteiger partial charge in [0.15, 0.2) is 0 Å². The van der Waals surface area contributed by atoms with Crippen molar-refractivity contribution < 1.29 is 4.39 Å². The highest BCUT2D eigenvalue weighted by molar-refractivity contribution is 14.1. The number of aromatic nitrogens is 3. The van der Waals surface area contributed by atoms with Crippen molar-refractivity contribution >= 4 is 28.4 Å². The van der Waals surface area contributed by atoms with Gasteiger partial charge in [-0.1, -0.05) is 6.07 Å². The van der Waals surface area contributed by atoms with Crippen LogP contribution in [0.5, 0.6) is 0 Å². The first-order valence-corrected chi connectivity index (χ1v) is 7.87. The molecule has 22 heavy (non-hydrogen) atoms. The van der Waals surface area contributed by atoms with Crippen LogP contribution < -0.4 is 5.32 Å². The van der Waals surface area contributed by atoms with Gasteiger partial charge in [-0.3, -0.25) is 0 Å². The first kappa shape index (κ1) is 15.0. The van der Waals surface area contributed by atoms with Crippen LogP contribution in [0.25, 0.3) is 5.69 Å². The third kappa shape index (κ3) is 3.27. The van der Waals surface area contributed by atoms with Crippen molar-refractivity contribution in [2.75, 3.05) is 5.32 Å². The minimum Gasteiger partial charge on any atom is -0.366 e. The standard InChI is InChI=1S/C16H14FIN4/c1-11-14(18)4-6-16(21-11)19-10-12-3-5-15(13(17)9-12)22-8-2-7-20-22/h2-9H,10H2,1H3,(H,19,21). The third-order valence-corrected chi connectivity index (χ3v) is 4.40. The summed E-state index contributed by atoms with van der Waals surface area (Å²) in [7, 11) is 0. The predicted octanol–water partition coefficient (Wildman–Crippen LogP) is 3.93. The number of pyridine rings is 1. The van der Waals surface area contributed by atoms with Crippen LogP contribution in [0.1, 0.15) is 11.3 Å². The van der Waals surface area contributed by atoms with Crippen LogP contribution in [-0.4, -0.2) is 14.8 Å². The van der Waals surface area contributed by atoms with E-state index in [1.165, 1.54) is 10.7 Å². The second-order valence-electron chi connectivity index (χ2n) is 4.85. The van der Waals surface area contributed by atoms with Crippen LogP contribution in [0.2, 0.25) is 0 Å². The largest absolute Gasteiger partial charge is 0.366 e. The molecule has 112 valence electrons. The average Bonchev–Trinajstić information content (AvgIpc) is 3.02. The minimum atomic E-state index is -0.297. The fraction of sp³-hybridized carbons (Fsp3) is 0.125. The zero-order valence-corrected chi connectivity index (χ0v) is 14.1. The molecule has 1 aromatic carbocycles. The summed E-state index contributed by atoms with van der Waals surface area (Å²) in [5, 5.41) is 7.25. The molecule has 2 aromatic heterocycles. The van der Waals surface area contributed by atoms with E-state index in [1.807, 2.05) is 25.1 Å². The summed E-state index contributed by atoms with van der Waals surface area (Å²) in [6, 6.07) is 10.8. The fourth-order valence-electron chi connectivity index (χ4n) is 2.09. The average molecular weight is 408 g/mol. The zero-order chi connectivity index (χ0) is 15.5. The Kier molecular flexibility index (Phi) is 4.37. The molecule has 0 atom stereocenters. The van der Waals surface area contributed by atoms with Crippen LogP contribution in [0.15, 0.2) is 48.8 Å². The summed E-state index contributed by atoms with van der Waals surface area (Å²) in [5.74, 6) is 0.490. The van der Waals surface area contributed by atoms with Crippen molar-refractivity contribution in [3.05, 3.63) is 69.4 Å². The van der Waals surface area contributed by atoms with Crippen molar-refractivity contribution in [3.63, 3.8) is 0 Å². The van der Waals surface area contributed by atoms with E-state index < -0.39 is 0 Å². The lowest BCUT2D eigenvalue weighted by Gasteiger charge is -2.09. The van der Waals surface area contributed by atoms with Crippen LogP contribution in [0, 0.1) is 16.3 Å². The van der Waals surface area contributed by atoms with Crippen molar-refractivity contribution in [1.82, 2.24) is 14.8 Å². The van der Waals surface area contributed by atoms with Crippen LogP contribution in [-0.2, 0) is 6.54 Å². The van der Waals surface area contributed by atoms with Gasteiger partial charge in [-0.15, -0.1) is 0 Å². The molecule has 3 aromatic rings. The number of hydrogen-bond donors (Lipinski definition) is 1. The van der Waals surface area contributed by atoms with Crippen LogP contribution in [0.3, 0.4) is 0 Å². The van der Waals surface area contributed by atoms with Gasteiger partial charge in [0.05, 0.1) is 5.69 Å². The summed E-state index contributed by atoms with van der Waals surface area (Å²) in [6.45, 7) is 2.48. The quantitative estimate of drug-likeness (QED) is 0.666. The summed E-state index contributed by atoms with van der Waals surface area (Å²) in [4.78, 5) is 4.44. The van der Waals surface area contributed by atoms with E-state index in [2.05, 4.69) is 38.0 Å². The SMILES string of the molecule is Cc1nc(NCc2ccc(-n3cccn3)c(F)c2)ccc1I. The molecule has 1 N–H and O–H groups in total. The van der Waals surface area contributed by atoms with E-state index in [4.69, 9.17) is 0 Å². The molecule has 3 rings (SSSR count). The maximum atomic E-state index is 14.2. The molecule has 0 saturated heterocycles. The molecule has 0 bridgehead atoms. The molecule has 0 unspecified atom stereocenters. The Morgan fingerprint density at radius 1 is 1.27 bits per heavy atom. The maximum absolute atomic E-state index is 14.2. The summed E-state index contributed by atoms with van der Waals surface area (Å²) >= 11 is 2.25. The number of nitrogens with one attached hydrogen (secondary N) is 1. The third-order valence-electron chi connectivity index (χ3n) is 3.26. The highest BCUT2D eigenvalue weighted by Gasteiger charge is 2.06. The molecule has 2 heterocycles. The molecular weight excluding hydrogens is 394 g/mol. The number of aryl methyl sites for hydroxylation is 1. The lowest BCUT2D eigenvalue weighted by molar-refractivity contribution is 0.609. The summed E-state index contributed by atoms with van der Waals surface area (Å²) in [6.07, 6.45) is 3.34. The fourth-order valence-corrected chi connectivity index (χ4v) is 2.39. The molecule has 6 heteroatoms. The number of anilines is 1. The lowest BCUT2D eigenvalue weighted by atomic mass is 10.2. The Balaban J connectivity index is 1.73. The van der Waals surface area contributed by atoms with Gasteiger partial charge < -0.3 is 5.32 Å². The van der Waals surface area contributed by atoms with Crippen molar-refractivity contribution in [2.24, 2.45) is 0 Å². The van der Waals surface area contributed by atoms with E-state index in [9.17, 15) is 4.39 Å². The van der Waals surface area contributed by atoms with Crippen molar-refractivity contribution in [1.29, 1.82) is 0 Å². The van der Waals surface area contributed by atoms with E-state index >= 15 is 0 Å². The Labute approximate surface area is 141 Å². The maximum Gasteiger partial charge on any atom is 0.149 e. The molecule has 0 aliphatic carbocycles. The lowest BCUT2D eigenvalue weighted by Crippen LogP contribution is -2.04. The van der Waals surface area contributed by atoms with Gasteiger partial charge in [0, 0.05) is 22.5 Å². The number of benzene rings is 1. The van der Waals surface area contributed by atoms with Gasteiger partial charge in [0.2, 0.25) is 0 Å². The van der Waals surface area contributed by atoms with Gasteiger partial charge in [-0.25, -0.2) is 14.1 Å². The Hall–Kier alpha value is -1.96. The number of hydrogen-bond acceptors (Lipinski definition) is 3. The van der Waals surface area contributed by atoms with Gasteiger partial charge in [0.25, 0.3) is 0 Å². The van der Waals surface area contributed by atoms with Crippen LogP contribution in [0.4, 0.5) is 10.2 Å². The Morgan fingerprint density at radius 3 is 2.82 bits per heavy atom. The smallest absolute Gasteiger partial charge is 0.149 e. The van der Waals surface area contributed by atoms with E-state index in [0.29, 0.717) is 12.2 Å². The predicted molar refractivity (Wildman–Crippen MR) is 92.5 cm³/mol. The molecule has 0 aliphatic heterocycles. The molecule has 0 fully saturated rings. The highest BCUT2D eigenvalue weighted by Crippen LogP contribution is 2.16. The van der Waals surface area contributed by atoms with Crippen LogP contribution >= 0.6 is 22.6 Å². The molecule has 4 nitrogen and oxygen atoms in total. The van der Waals surface area contributed by atoms with Crippen molar-refractivity contribution in [3.8, 4) is 5.69 Å². The van der Waals surface area contributed by atoms with Gasteiger partial charge in [-0.2, -0.15) is 5.10 Å². The second-order valence-corrected chi connectivity index (χ2v) is 6.02. The van der Waals surface area contributed by atoms with E-state index in [0.717, 1.165) is 20.6 Å². The van der Waals surface area contributed by atoms with Gasteiger partial charge >= 0.3 is 0 Å². The summed E-state index contributed by atoms with van der Waals surface area (Å²) < 4.78 is 16.8. The second kappa shape index (κ2) is 6.43. The first-order valence-electron chi connectivity index (χ1n) is 6.79. The molecule has 0 spiro atoms. The molecule has 0 saturated carbocycles. The molecular formula is C16H14FIN4. The normalized spacial score (nSPS) is 10.7. The molecule has 0 amide bonds. The first-order chi connectivity index (χ1) is 10.6. The van der Waals surface area contributed by atoms with Gasteiger partial charge in [-0.05, 0) is 65.4 Å². The minimum absolute atomic E-state index is 0.297. The topological polar surface area (TPSA) is 42.7 Å². The summed E-state index contributed by atoms with van der Waals surface area (Å²) in [5.41, 5.74) is 2.27. The number of halogens is 2. The van der Waals surface area contributed by atoms with Crippen molar-refractivity contribution in [2.45, 2.75) is 13.5 Å². The number of nitrogens with zero attached hydrogens (tertiary/aromatic N) is 3. The zero-order valence-electron chi connectivity index (χ0n) is 11.9. The van der Waals surface area contributed by atoms with Gasteiger partial charge in [0.1, 0.15) is 17.3 Å². The van der Waals surface area contributed by atoms with E-state index in [-0.39, 0.29) is 5.82 Å². The molecule has 0 radical (unpaired) electrons. The highest BCUT2D eigenvalue weighted by atomic mass is 127. The number of rotatable bonds is 4.